The van der Waals surface area contributed by atoms with Crippen LogP contribution in [0.15, 0.2) is 30.3 Å². The van der Waals surface area contributed by atoms with Crippen molar-refractivity contribution in [3.05, 3.63) is 35.9 Å². The van der Waals surface area contributed by atoms with E-state index in [0.717, 1.165) is 7.11 Å². The fraction of sp³-hybridized carbons (Fsp3) is 0.125. The first kappa shape index (κ1) is 11.6. The third kappa shape index (κ3) is 3.66. The Morgan fingerprint density at radius 2 is 1.80 bits per heavy atom. The van der Waals surface area contributed by atoms with Crippen LogP contribution in [0.1, 0.15) is 10.4 Å². The lowest BCUT2D eigenvalue weighted by molar-refractivity contribution is -0.179. The molecule has 0 bridgehead atoms. The van der Waals surface area contributed by atoms with Gasteiger partial charge in [-0.1, -0.05) is 22.5 Å². The monoisotopic (exact) mass is 232 g/mol. The Bertz CT molecular complexity index is 424. The molecule has 0 aromatic heterocycles. The van der Waals surface area contributed by atoms with Crippen LogP contribution in [0, 0.1) is 0 Å². The Hall–Kier alpha value is -1.44. The highest BCUT2D eigenvalue weighted by molar-refractivity contribution is 7.82. The smallest absolute Gasteiger partial charge is 0.318 e. The van der Waals surface area contributed by atoms with Crippen LogP contribution in [0.25, 0.3) is 0 Å². The van der Waals surface area contributed by atoms with E-state index in [-0.39, 0.29) is 5.56 Å². The van der Waals surface area contributed by atoms with E-state index in [1.807, 2.05) is 0 Å². The van der Waals surface area contributed by atoms with Crippen LogP contribution in [0.2, 0.25) is 0 Å². The number of hydrogen-bond acceptors (Lipinski definition) is 6. The molecule has 15 heavy (non-hydrogen) atoms. The molecule has 0 aliphatic carbocycles. The summed E-state index contributed by atoms with van der Waals surface area (Å²) in [6.45, 7) is 0. The van der Waals surface area contributed by atoms with Gasteiger partial charge in [0.2, 0.25) is 0 Å². The molecule has 0 aliphatic heterocycles. The Labute approximate surface area is 86.6 Å². The van der Waals surface area contributed by atoms with Crippen molar-refractivity contribution in [1.82, 2.24) is 0 Å². The molecule has 1 aromatic rings. The molecule has 1 aromatic carbocycles. The number of rotatable bonds is 4. The molecule has 0 spiro atoms. The second-order valence-electron chi connectivity index (χ2n) is 2.38. The van der Waals surface area contributed by atoms with Gasteiger partial charge in [0.1, 0.15) is 0 Å². The molecule has 82 valence electrons. The van der Waals surface area contributed by atoms with E-state index in [0.29, 0.717) is 0 Å². The quantitative estimate of drug-likeness (QED) is 0.560. The molecule has 0 heterocycles. The van der Waals surface area contributed by atoms with E-state index < -0.39 is 16.4 Å². The van der Waals surface area contributed by atoms with Crippen LogP contribution in [0.3, 0.4) is 0 Å². The van der Waals surface area contributed by atoms with Gasteiger partial charge in [0.15, 0.2) is 0 Å². The van der Waals surface area contributed by atoms with E-state index in [1.54, 1.807) is 18.2 Å². The topological polar surface area (TPSA) is 78.9 Å². The largest absolute Gasteiger partial charge is 0.479 e. The highest BCUT2D eigenvalue weighted by atomic mass is 32.3. The van der Waals surface area contributed by atoms with Crippen molar-refractivity contribution in [3.8, 4) is 0 Å². The van der Waals surface area contributed by atoms with Gasteiger partial charge in [-0.15, -0.1) is 0 Å². The van der Waals surface area contributed by atoms with Gasteiger partial charge in [-0.05, 0) is 12.1 Å². The molecule has 0 N–H and O–H groups in total. The molecule has 6 nitrogen and oxygen atoms in total. The Balaban J connectivity index is 2.73. The molecule has 0 fully saturated rings. The summed E-state index contributed by atoms with van der Waals surface area (Å²) in [5, 5.41) is 0. The standard InChI is InChI=1S/C8H8O6S/c1-12-14-15(10,11)13-8(9)7-5-3-2-4-6-7/h2-6H,1H3. The predicted octanol–water partition coefficient (Wildman–Crippen LogP) is 0.666. The highest BCUT2D eigenvalue weighted by Gasteiger charge is 2.19. The van der Waals surface area contributed by atoms with Crippen LogP contribution in [0.4, 0.5) is 0 Å². The van der Waals surface area contributed by atoms with E-state index in [9.17, 15) is 13.2 Å². The highest BCUT2D eigenvalue weighted by Crippen LogP contribution is 2.05. The van der Waals surface area contributed by atoms with Crippen molar-refractivity contribution in [2.75, 3.05) is 7.11 Å². The number of carbonyl (C=O) groups excluding carboxylic acids is 1. The molecule has 0 unspecified atom stereocenters. The van der Waals surface area contributed by atoms with Gasteiger partial charge in [-0.2, -0.15) is 8.42 Å². The van der Waals surface area contributed by atoms with Crippen molar-refractivity contribution in [1.29, 1.82) is 0 Å². The van der Waals surface area contributed by atoms with Crippen LogP contribution >= 0.6 is 0 Å². The number of benzene rings is 1. The normalized spacial score (nSPS) is 11.0. The molecule has 7 heteroatoms. The van der Waals surface area contributed by atoms with Gasteiger partial charge >= 0.3 is 16.4 Å². The maximum Gasteiger partial charge on any atom is 0.479 e. The molecular weight excluding hydrogens is 224 g/mol. The third-order valence-electron chi connectivity index (χ3n) is 1.34. The summed E-state index contributed by atoms with van der Waals surface area (Å²) >= 11 is 0. The van der Waals surface area contributed by atoms with Gasteiger partial charge in [0.25, 0.3) is 0 Å². The van der Waals surface area contributed by atoms with Crippen molar-refractivity contribution in [2.45, 2.75) is 0 Å². The van der Waals surface area contributed by atoms with Crippen LogP contribution < -0.4 is 0 Å². The summed E-state index contributed by atoms with van der Waals surface area (Å²) in [4.78, 5) is 15.1. The summed E-state index contributed by atoms with van der Waals surface area (Å²) in [6.07, 6.45) is 0. The number of hydrogen-bond donors (Lipinski definition) is 0. The molecule has 0 radical (unpaired) electrons. The zero-order valence-electron chi connectivity index (χ0n) is 7.74. The SMILES string of the molecule is COOS(=O)(=O)OC(=O)c1ccccc1. The van der Waals surface area contributed by atoms with Gasteiger partial charge in [0, 0.05) is 0 Å². The van der Waals surface area contributed by atoms with E-state index >= 15 is 0 Å². The maximum absolute atomic E-state index is 11.2. The first-order valence-corrected chi connectivity index (χ1v) is 5.14. The Kier molecular flexibility index (Phi) is 3.78. The lowest BCUT2D eigenvalue weighted by atomic mass is 10.2. The van der Waals surface area contributed by atoms with E-state index in [4.69, 9.17) is 0 Å². The lowest BCUT2D eigenvalue weighted by Gasteiger charge is -2.02. The lowest BCUT2D eigenvalue weighted by Crippen LogP contribution is -2.15. The first-order chi connectivity index (χ1) is 7.05. The summed E-state index contributed by atoms with van der Waals surface area (Å²) in [5.41, 5.74) is 0.0979. The average Bonchev–Trinajstić information content (AvgIpc) is 2.18. The fourth-order valence-electron chi connectivity index (χ4n) is 0.812. The second kappa shape index (κ2) is 4.87. The summed E-state index contributed by atoms with van der Waals surface area (Å²) in [6, 6.07) is 7.63. The molecule has 1 rings (SSSR count). The summed E-state index contributed by atoms with van der Waals surface area (Å²) in [5.74, 6) is -1.03. The Morgan fingerprint density at radius 3 is 2.33 bits per heavy atom. The molecule has 0 aliphatic rings. The van der Waals surface area contributed by atoms with Crippen LogP contribution in [-0.2, 0) is 23.8 Å². The molecule has 0 saturated heterocycles. The van der Waals surface area contributed by atoms with Crippen molar-refractivity contribution in [2.24, 2.45) is 0 Å². The van der Waals surface area contributed by atoms with Gasteiger partial charge in [0.05, 0.1) is 12.7 Å². The third-order valence-corrected chi connectivity index (χ3v) is 2.00. The van der Waals surface area contributed by atoms with Crippen LogP contribution in [0.5, 0.6) is 0 Å². The Morgan fingerprint density at radius 1 is 1.20 bits per heavy atom. The predicted molar refractivity (Wildman–Crippen MR) is 48.9 cm³/mol. The minimum atomic E-state index is -4.45. The van der Waals surface area contributed by atoms with Crippen molar-refractivity contribution >= 4 is 16.4 Å². The van der Waals surface area contributed by atoms with Crippen LogP contribution in [-0.4, -0.2) is 21.5 Å². The van der Waals surface area contributed by atoms with E-state index in [2.05, 4.69) is 13.4 Å². The van der Waals surface area contributed by atoms with Crippen molar-refractivity contribution in [3.63, 3.8) is 0 Å². The number of carbonyl (C=O) groups is 1. The zero-order valence-corrected chi connectivity index (χ0v) is 8.56. The second-order valence-corrected chi connectivity index (χ2v) is 3.50. The molecule has 0 atom stereocenters. The molecule has 0 amide bonds. The fourth-order valence-corrected chi connectivity index (χ4v) is 1.29. The minimum absolute atomic E-state index is 0.0979. The van der Waals surface area contributed by atoms with Gasteiger partial charge < -0.3 is 4.18 Å². The van der Waals surface area contributed by atoms with E-state index in [1.165, 1.54) is 12.1 Å². The molecule has 0 saturated carbocycles. The zero-order chi connectivity index (χ0) is 11.3. The summed E-state index contributed by atoms with van der Waals surface area (Å²) < 4.78 is 29.4. The molecular formula is C8H8O6S. The average molecular weight is 232 g/mol. The maximum atomic E-state index is 11.2. The van der Waals surface area contributed by atoms with Gasteiger partial charge in [-0.3, -0.25) is 0 Å². The summed E-state index contributed by atoms with van der Waals surface area (Å²) in [7, 11) is -3.47. The minimum Gasteiger partial charge on any atom is -0.318 e. The first-order valence-electron chi connectivity index (χ1n) is 3.81. The van der Waals surface area contributed by atoms with Gasteiger partial charge in [-0.25, -0.2) is 9.68 Å². The van der Waals surface area contributed by atoms with Crippen molar-refractivity contribution < 1.29 is 26.6 Å².